The molecule has 3 rings (SSSR count). The second-order valence-corrected chi connectivity index (χ2v) is 6.76. The molecule has 0 bridgehead atoms. The van der Waals surface area contributed by atoms with Crippen molar-refractivity contribution in [2.75, 3.05) is 26.2 Å². The molecule has 3 N–H and O–H groups in total. The lowest BCUT2D eigenvalue weighted by molar-refractivity contribution is -0.140. The van der Waals surface area contributed by atoms with Crippen molar-refractivity contribution < 1.29 is 29.3 Å². The fraction of sp³-hybridized carbons (Fsp3) is 0.500. The molecular formula is C18H22N2O6. The summed E-state index contributed by atoms with van der Waals surface area (Å²) in [5, 5.41) is 21.3. The van der Waals surface area contributed by atoms with Crippen molar-refractivity contribution in [3.8, 4) is 5.75 Å². The molecule has 1 saturated carbocycles. The molecule has 0 aromatic heterocycles. The maximum atomic E-state index is 12.8. The molecule has 0 radical (unpaired) electrons. The van der Waals surface area contributed by atoms with Gasteiger partial charge in [0.2, 0.25) is 0 Å². The van der Waals surface area contributed by atoms with E-state index in [1.807, 2.05) is 0 Å². The van der Waals surface area contributed by atoms with E-state index in [1.54, 1.807) is 0 Å². The minimum atomic E-state index is -1.14. The average Bonchev–Trinajstić information content (AvgIpc) is 2.59. The van der Waals surface area contributed by atoms with Gasteiger partial charge in [0.1, 0.15) is 11.8 Å². The van der Waals surface area contributed by atoms with Gasteiger partial charge in [-0.3, -0.25) is 9.59 Å². The Morgan fingerprint density at radius 1 is 1.15 bits per heavy atom. The van der Waals surface area contributed by atoms with Crippen LogP contribution in [-0.4, -0.2) is 65.2 Å². The van der Waals surface area contributed by atoms with Crippen LogP contribution >= 0.6 is 0 Å². The van der Waals surface area contributed by atoms with Gasteiger partial charge in [-0.1, -0.05) is 6.42 Å². The van der Waals surface area contributed by atoms with Crippen molar-refractivity contribution in [1.82, 2.24) is 10.2 Å². The van der Waals surface area contributed by atoms with E-state index in [1.165, 1.54) is 29.5 Å². The third-order valence-electron chi connectivity index (χ3n) is 4.87. The van der Waals surface area contributed by atoms with E-state index in [4.69, 9.17) is 9.84 Å². The molecule has 26 heavy (non-hydrogen) atoms. The summed E-state index contributed by atoms with van der Waals surface area (Å²) in [6, 6.07) is 3.42. The van der Waals surface area contributed by atoms with E-state index in [9.17, 15) is 19.5 Å². The van der Waals surface area contributed by atoms with Gasteiger partial charge in [0.15, 0.2) is 0 Å². The predicted molar refractivity (Wildman–Crippen MR) is 91.6 cm³/mol. The molecule has 1 aliphatic heterocycles. The minimum absolute atomic E-state index is 0.0237. The zero-order valence-electron chi connectivity index (χ0n) is 14.3. The molecule has 1 aliphatic carbocycles. The number of aliphatic carboxylic acids is 1. The Kier molecular flexibility index (Phi) is 5.41. The topological polar surface area (TPSA) is 116 Å². The highest BCUT2D eigenvalue weighted by Crippen LogP contribution is 2.28. The molecule has 0 spiro atoms. The monoisotopic (exact) mass is 362 g/mol. The molecule has 8 heteroatoms. The summed E-state index contributed by atoms with van der Waals surface area (Å²) in [7, 11) is 0. The second kappa shape index (κ2) is 7.74. The van der Waals surface area contributed by atoms with Crippen LogP contribution in [0.1, 0.15) is 40.0 Å². The number of rotatable bonds is 6. The number of nitrogens with one attached hydrogen (secondary N) is 1. The molecule has 8 nitrogen and oxygen atoms in total. The average molecular weight is 362 g/mol. The first kappa shape index (κ1) is 18.2. The summed E-state index contributed by atoms with van der Waals surface area (Å²) in [6.45, 7) is 1.26. The highest BCUT2D eigenvalue weighted by molar-refractivity contribution is 5.98. The highest BCUT2D eigenvalue weighted by atomic mass is 16.5. The Labute approximate surface area is 150 Å². The molecule has 1 amide bonds. The van der Waals surface area contributed by atoms with Gasteiger partial charge in [0.25, 0.3) is 5.91 Å². The molecule has 140 valence electrons. The van der Waals surface area contributed by atoms with Crippen molar-refractivity contribution in [2.24, 2.45) is 5.92 Å². The first-order valence-electron chi connectivity index (χ1n) is 8.70. The summed E-state index contributed by atoms with van der Waals surface area (Å²) in [6.07, 6.45) is 3.38. The van der Waals surface area contributed by atoms with Crippen LogP contribution in [0.3, 0.4) is 0 Å². The molecule has 1 aromatic rings. The van der Waals surface area contributed by atoms with Crippen molar-refractivity contribution >= 4 is 17.8 Å². The number of nitrogens with zero attached hydrogens (tertiary/aromatic N) is 1. The number of hydrogen-bond acceptors (Lipinski definition) is 5. The first-order valence-corrected chi connectivity index (χ1v) is 8.70. The summed E-state index contributed by atoms with van der Waals surface area (Å²) in [5.41, 5.74) is 0.170. The molecule has 2 fully saturated rings. The van der Waals surface area contributed by atoms with Gasteiger partial charge in [-0.05, 0) is 37.0 Å². The molecule has 1 saturated heterocycles. The Hall–Kier alpha value is -2.61. The number of benzene rings is 1. The maximum Gasteiger partial charge on any atom is 0.335 e. The van der Waals surface area contributed by atoms with Crippen molar-refractivity contribution in [1.29, 1.82) is 0 Å². The number of aromatic carboxylic acids is 1. The number of piperazine rings is 1. The van der Waals surface area contributed by atoms with Gasteiger partial charge in [0.05, 0.1) is 12.2 Å². The lowest BCUT2D eigenvalue weighted by Crippen LogP contribution is -2.55. The van der Waals surface area contributed by atoms with E-state index in [0.717, 1.165) is 12.8 Å². The Morgan fingerprint density at radius 3 is 2.50 bits per heavy atom. The summed E-state index contributed by atoms with van der Waals surface area (Å²) in [5.74, 6) is -1.73. The van der Waals surface area contributed by atoms with Crippen LogP contribution in [0.15, 0.2) is 18.2 Å². The highest BCUT2D eigenvalue weighted by Gasteiger charge is 2.29. The van der Waals surface area contributed by atoms with Crippen LogP contribution in [0.2, 0.25) is 0 Å². The van der Waals surface area contributed by atoms with Gasteiger partial charge < -0.3 is 25.2 Å². The van der Waals surface area contributed by atoms with Crippen LogP contribution in [0, 0.1) is 5.92 Å². The molecular weight excluding hydrogens is 340 g/mol. The number of carboxylic acids is 2. The number of carbonyl (C=O) groups is 3. The lowest BCUT2D eigenvalue weighted by atomic mass is 9.86. The van der Waals surface area contributed by atoms with Gasteiger partial charge in [-0.2, -0.15) is 0 Å². The van der Waals surface area contributed by atoms with E-state index in [-0.39, 0.29) is 17.7 Å². The third-order valence-corrected chi connectivity index (χ3v) is 4.87. The first-order chi connectivity index (χ1) is 12.4. The van der Waals surface area contributed by atoms with E-state index >= 15 is 0 Å². The molecule has 1 aromatic carbocycles. The largest absolute Gasteiger partial charge is 0.493 e. The maximum absolute atomic E-state index is 12.8. The Balaban J connectivity index is 1.77. The summed E-state index contributed by atoms with van der Waals surface area (Å²) < 4.78 is 5.70. The minimum Gasteiger partial charge on any atom is -0.493 e. The fourth-order valence-electron chi connectivity index (χ4n) is 3.09. The van der Waals surface area contributed by atoms with Crippen LogP contribution in [0.5, 0.6) is 5.75 Å². The predicted octanol–water partition coefficient (Wildman–Crippen LogP) is 1.06. The Morgan fingerprint density at radius 2 is 1.88 bits per heavy atom. The third kappa shape index (κ3) is 4.13. The van der Waals surface area contributed by atoms with Crippen molar-refractivity contribution in [2.45, 2.75) is 25.3 Å². The number of amides is 1. The van der Waals surface area contributed by atoms with Gasteiger partial charge in [-0.15, -0.1) is 0 Å². The molecule has 1 heterocycles. The second-order valence-electron chi connectivity index (χ2n) is 6.76. The van der Waals surface area contributed by atoms with Crippen molar-refractivity contribution in [3.05, 3.63) is 29.3 Å². The lowest BCUT2D eigenvalue weighted by Gasteiger charge is -2.31. The zero-order valence-corrected chi connectivity index (χ0v) is 14.3. The van der Waals surface area contributed by atoms with Crippen LogP contribution in [0.4, 0.5) is 0 Å². The molecule has 2 aliphatic rings. The number of hydrogen-bond donors (Lipinski definition) is 3. The SMILES string of the molecule is O=C(O)c1cc(OCC2CCC2)cc(C(=O)N2CCNC(C(=O)O)C2)c1. The molecule has 1 unspecified atom stereocenters. The van der Waals surface area contributed by atoms with Gasteiger partial charge >= 0.3 is 11.9 Å². The molecule has 1 atom stereocenters. The van der Waals surface area contributed by atoms with E-state index < -0.39 is 23.9 Å². The zero-order chi connectivity index (χ0) is 18.7. The van der Waals surface area contributed by atoms with Gasteiger partial charge in [0, 0.05) is 25.2 Å². The van der Waals surface area contributed by atoms with Gasteiger partial charge in [-0.25, -0.2) is 4.79 Å². The van der Waals surface area contributed by atoms with E-state index in [0.29, 0.717) is 31.4 Å². The fourth-order valence-corrected chi connectivity index (χ4v) is 3.09. The van der Waals surface area contributed by atoms with Crippen LogP contribution in [0.25, 0.3) is 0 Å². The van der Waals surface area contributed by atoms with Crippen molar-refractivity contribution in [3.63, 3.8) is 0 Å². The van der Waals surface area contributed by atoms with Crippen LogP contribution in [-0.2, 0) is 4.79 Å². The quantitative estimate of drug-likeness (QED) is 0.693. The number of ether oxygens (including phenoxy) is 1. The normalized spacial score (nSPS) is 20.3. The number of carboxylic acid groups (broad SMARTS) is 2. The van der Waals surface area contributed by atoms with Crippen LogP contribution < -0.4 is 10.1 Å². The Bertz CT molecular complexity index is 716. The summed E-state index contributed by atoms with van der Waals surface area (Å²) in [4.78, 5) is 36.7. The standard InChI is InChI=1S/C18H22N2O6/c21-16(20-5-4-19-15(9-20)18(24)25)12-6-13(17(22)23)8-14(7-12)26-10-11-2-1-3-11/h6-8,11,15,19H,1-5,9-10H2,(H,22,23)(H,24,25). The number of carbonyl (C=O) groups excluding carboxylic acids is 1. The summed E-state index contributed by atoms with van der Waals surface area (Å²) >= 11 is 0. The van der Waals surface area contributed by atoms with E-state index in [2.05, 4.69) is 5.32 Å². The smallest absolute Gasteiger partial charge is 0.335 e.